The van der Waals surface area contributed by atoms with Crippen LogP contribution in [0.15, 0.2) is 53.4 Å². The third kappa shape index (κ3) is 3.59. The van der Waals surface area contributed by atoms with E-state index < -0.39 is 0 Å². The number of rotatable bonds is 3. The fraction of sp³-hybridized carbons (Fsp3) is 0.0588. The van der Waals surface area contributed by atoms with Crippen molar-refractivity contribution in [3.63, 3.8) is 0 Å². The van der Waals surface area contributed by atoms with Crippen molar-refractivity contribution in [1.82, 2.24) is 0 Å². The molecule has 116 valence electrons. The summed E-state index contributed by atoms with van der Waals surface area (Å²) in [5, 5.41) is 0. The fourth-order valence-corrected chi connectivity index (χ4v) is 3.79. The van der Waals surface area contributed by atoms with E-state index in [1.54, 1.807) is 12.0 Å². The summed E-state index contributed by atoms with van der Waals surface area (Å²) in [6.45, 7) is 0. The Bertz CT molecular complexity index is 785. The molecule has 1 aliphatic heterocycles. The monoisotopic (exact) mass is 453 g/mol. The number of methoxy groups -OCH3 is 1. The van der Waals surface area contributed by atoms with Gasteiger partial charge in [-0.25, -0.2) is 0 Å². The van der Waals surface area contributed by atoms with E-state index in [-0.39, 0.29) is 5.91 Å². The lowest BCUT2D eigenvalue weighted by molar-refractivity contribution is -0.113. The second kappa shape index (κ2) is 7.02. The minimum absolute atomic E-state index is 0.0861. The number of amides is 1. The maximum absolute atomic E-state index is 12.7. The first-order valence-electron chi connectivity index (χ1n) is 6.76. The van der Waals surface area contributed by atoms with Gasteiger partial charge in [-0.1, -0.05) is 36.1 Å². The van der Waals surface area contributed by atoms with E-state index in [0.29, 0.717) is 9.23 Å². The zero-order valence-electron chi connectivity index (χ0n) is 12.2. The molecular weight excluding hydrogens is 441 g/mol. The van der Waals surface area contributed by atoms with Gasteiger partial charge in [-0.15, -0.1) is 0 Å². The summed E-state index contributed by atoms with van der Waals surface area (Å²) in [4.78, 5) is 14.9. The summed E-state index contributed by atoms with van der Waals surface area (Å²) in [6, 6.07) is 15.3. The number of thioether (sulfide) groups is 1. The van der Waals surface area contributed by atoms with Crippen LogP contribution in [0.3, 0.4) is 0 Å². The van der Waals surface area contributed by atoms with E-state index in [1.807, 2.05) is 54.6 Å². The third-order valence-electron chi connectivity index (χ3n) is 3.29. The molecule has 3 nitrogen and oxygen atoms in total. The van der Waals surface area contributed by atoms with Gasteiger partial charge >= 0.3 is 0 Å². The number of nitrogens with zero attached hydrogens (tertiary/aromatic N) is 1. The summed E-state index contributed by atoms with van der Waals surface area (Å²) in [5.74, 6) is 0.700. The van der Waals surface area contributed by atoms with Crippen LogP contribution in [0.5, 0.6) is 5.75 Å². The van der Waals surface area contributed by atoms with Crippen molar-refractivity contribution in [3.8, 4) is 5.75 Å². The summed E-state index contributed by atoms with van der Waals surface area (Å²) >= 11 is 8.92. The highest BCUT2D eigenvalue weighted by Gasteiger charge is 2.33. The number of benzene rings is 2. The summed E-state index contributed by atoms with van der Waals surface area (Å²) in [5.41, 5.74) is 1.74. The van der Waals surface area contributed by atoms with Crippen LogP contribution >= 0.6 is 46.6 Å². The molecule has 2 aromatic carbocycles. The Balaban J connectivity index is 1.88. The standard InChI is InChI=1S/C17H12INO2S2/c1-21-14-8-2-11(3-9-14)10-15-16(20)19(17(22)23-15)13-6-4-12(18)5-7-13/h2-10H,1H3. The van der Waals surface area contributed by atoms with E-state index in [9.17, 15) is 4.79 Å². The van der Waals surface area contributed by atoms with Crippen molar-refractivity contribution in [2.24, 2.45) is 0 Å². The third-order valence-corrected chi connectivity index (χ3v) is 5.31. The molecule has 0 bridgehead atoms. The average molecular weight is 453 g/mol. The molecule has 0 radical (unpaired) electrons. The Hall–Kier alpha value is -1.38. The molecule has 3 rings (SSSR count). The second-order valence-corrected chi connectivity index (χ2v) is 7.69. The predicted molar refractivity (Wildman–Crippen MR) is 108 cm³/mol. The molecule has 0 saturated carbocycles. The van der Waals surface area contributed by atoms with Crippen molar-refractivity contribution in [2.75, 3.05) is 12.0 Å². The molecule has 0 aliphatic carbocycles. The summed E-state index contributed by atoms with van der Waals surface area (Å²) in [7, 11) is 1.63. The van der Waals surface area contributed by atoms with Gasteiger partial charge in [0.05, 0.1) is 17.7 Å². The highest BCUT2D eigenvalue weighted by molar-refractivity contribution is 14.1. The average Bonchev–Trinajstić information content (AvgIpc) is 2.83. The fourth-order valence-electron chi connectivity index (χ4n) is 2.13. The summed E-state index contributed by atoms with van der Waals surface area (Å²) in [6.07, 6.45) is 1.85. The van der Waals surface area contributed by atoms with Crippen LogP contribution in [0, 0.1) is 3.57 Å². The SMILES string of the molecule is COc1ccc(C=C2SC(=S)N(c3ccc(I)cc3)C2=O)cc1. The molecule has 0 unspecified atom stereocenters. The number of ether oxygens (including phenoxy) is 1. The first-order chi connectivity index (χ1) is 11.1. The molecule has 1 heterocycles. The Morgan fingerprint density at radius 2 is 1.78 bits per heavy atom. The van der Waals surface area contributed by atoms with Crippen molar-refractivity contribution in [2.45, 2.75) is 0 Å². The van der Waals surface area contributed by atoms with Crippen LogP contribution in [-0.4, -0.2) is 17.3 Å². The van der Waals surface area contributed by atoms with Crippen LogP contribution in [0.1, 0.15) is 5.56 Å². The zero-order valence-corrected chi connectivity index (χ0v) is 15.9. The first kappa shape index (κ1) is 16.5. The molecule has 1 amide bonds. The van der Waals surface area contributed by atoms with Gasteiger partial charge in [-0.05, 0) is 70.6 Å². The molecule has 0 atom stereocenters. The van der Waals surface area contributed by atoms with Gasteiger partial charge in [0, 0.05) is 3.57 Å². The lowest BCUT2D eigenvalue weighted by Crippen LogP contribution is -2.27. The normalized spacial score (nSPS) is 16.3. The van der Waals surface area contributed by atoms with Crippen LogP contribution in [0.2, 0.25) is 0 Å². The van der Waals surface area contributed by atoms with E-state index >= 15 is 0 Å². The minimum Gasteiger partial charge on any atom is -0.497 e. The second-order valence-electron chi connectivity index (χ2n) is 4.77. The molecule has 23 heavy (non-hydrogen) atoms. The molecule has 1 aliphatic rings. The van der Waals surface area contributed by atoms with E-state index in [4.69, 9.17) is 17.0 Å². The Kier molecular flexibility index (Phi) is 5.03. The maximum Gasteiger partial charge on any atom is 0.270 e. The lowest BCUT2D eigenvalue weighted by atomic mass is 10.2. The highest BCUT2D eigenvalue weighted by Crippen LogP contribution is 2.36. The smallest absolute Gasteiger partial charge is 0.270 e. The molecule has 6 heteroatoms. The number of anilines is 1. The van der Waals surface area contributed by atoms with Crippen LogP contribution in [0.4, 0.5) is 5.69 Å². The Morgan fingerprint density at radius 1 is 1.13 bits per heavy atom. The maximum atomic E-state index is 12.7. The van der Waals surface area contributed by atoms with Gasteiger partial charge in [0.15, 0.2) is 4.32 Å². The van der Waals surface area contributed by atoms with Gasteiger partial charge in [0.2, 0.25) is 0 Å². The van der Waals surface area contributed by atoms with Crippen LogP contribution in [-0.2, 0) is 4.79 Å². The van der Waals surface area contributed by atoms with Crippen LogP contribution in [0.25, 0.3) is 6.08 Å². The molecule has 0 N–H and O–H groups in total. The largest absolute Gasteiger partial charge is 0.497 e. The predicted octanol–water partition coefficient (Wildman–Crippen LogP) is 4.71. The van der Waals surface area contributed by atoms with Crippen molar-refractivity contribution >= 4 is 68.6 Å². The number of halogens is 1. The Morgan fingerprint density at radius 3 is 2.39 bits per heavy atom. The van der Waals surface area contributed by atoms with Crippen LogP contribution < -0.4 is 9.64 Å². The molecular formula is C17H12INO2S2. The number of carbonyl (C=O) groups excluding carboxylic acids is 1. The molecule has 0 aromatic heterocycles. The number of hydrogen-bond donors (Lipinski definition) is 0. The minimum atomic E-state index is -0.0861. The number of carbonyl (C=O) groups is 1. The zero-order chi connectivity index (χ0) is 16.4. The van der Waals surface area contributed by atoms with E-state index in [2.05, 4.69) is 22.6 Å². The van der Waals surface area contributed by atoms with Gasteiger partial charge < -0.3 is 4.74 Å². The molecule has 2 aromatic rings. The highest BCUT2D eigenvalue weighted by atomic mass is 127. The summed E-state index contributed by atoms with van der Waals surface area (Å²) < 4.78 is 6.81. The van der Waals surface area contributed by atoms with Gasteiger partial charge in [0.25, 0.3) is 5.91 Å². The molecule has 1 saturated heterocycles. The topological polar surface area (TPSA) is 29.5 Å². The first-order valence-corrected chi connectivity index (χ1v) is 9.06. The van der Waals surface area contributed by atoms with Gasteiger partial charge in [0.1, 0.15) is 5.75 Å². The quantitative estimate of drug-likeness (QED) is 0.383. The molecule has 1 fully saturated rings. The van der Waals surface area contributed by atoms with Gasteiger partial charge in [-0.2, -0.15) is 0 Å². The van der Waals surface area contributed by atoms with Crippen molar-refractivity contribution in [3.05, 3.63) is 62.6 Å². The Labute approximate surface area is 157 Å². The van der Waals surface area contributed by atoms with E-state index in [1.165, 1.54) is 11.8 Å². The van der Waals surface area contributed by atoms with E-state index in [0.717, 1.165) is 20.6 Å². The molecule has 0 spiro atoms. The number of thiocarbonyl (C=S) groups is 1. The lowest BCUT2D eigenvalue weighted by Gasteiger charge is -2.14. The van der Waals surface area contributed by atoms with Crippen molar-refractivity contribution < 1.29 is 9.53 Å². The number of hydrogen-bond acceptors (Lipinski definition) is 4. The van der Waals surface area contributed by atoms with Gasteiger partial charge in [-0.3, -0.25) is 9.69 Å². The van der Waals surface area contributed by atoms with Crippen molar-refractivity contribution in [1.29, 1.82) is 0 Å².